The van der Waals surface area contributed by atoms with Gasteiger partial charge in [0.25, 0.3) is 0 Å². The first-order valence-corrected chi connectivity index (χ1v) is 9.20. The third kappa shape index (κ3) is 6.08. The van der Waals surface area contributed by atoms with Gasteiger partial charge in [-0.25, -0.2) is 0 Å². The molecule has 0 aromatic heterocycles. The number of likely N-dealkylation sites (tertiary alicyclic amines) is 1. The highest BCUT2D eigenvalue weighted by Crippen LogP contribution is 2.30. The summed E-state index contributed by atoms with van der Waals surface area (Å²) in [6.07, 6.45) is 10.3. The van der Waals surface area contributed by atoms with Crippen molar-refractivity contribution >= 4 is 18.3 Å². The van der Waals surface area contributed by atoms with Crippen LogP contribution in [0.1, 0.15) is 65.2 Å². The van der Waals surface area contributed by atoms with Crippen LogP contribution in [-0.4, -0.2) is 37.0 Å². The lowest BCUT2D eigenvalue weighted by molar-refractivity contribution is -0.137. The van der Waals surface area contributed by atoms with E-state index < -0.39 is 0 Å². The van der Waals surface area contributed by atoms with Crippen molar-refractivity contribution in [2.24, 2.45) is 17.8 Å². The SMILES string of the molecule is CCNCC1CCN(C(=O)C(C)CC2CCCCC2)CC1.Cl. The molecule has 1 unspecified atom stereocenters. The van der Waals surface area contributed by atoms with Gasteiger partial charge in [0, 0.05) is 19.0 Å². The molecular formula is C18H35ClN2O. The van der Waals surface area contributed by atoms with Crippen LogP contribution in [0.3, 0.4) is 0 Å². The molecule has 0 radical (unpaired) electrons. The summed E-state index contributed by atoms with van der Waals surface area (Å²) in [5.41, 5.74) is 0. The molecule has 0 bridgehead atoms. The van der Waals surface area contributed by atoms with E-state index in [4.69, 9.17) is 0 Å². The van der Waals surface area contributed by atoms with Gasteiger partial charge in [0.15, 0.2) is 0 Å². The zero-order valence-corrected chi connectivity index (χ0v) is 15.3. The predicted molar refractivity (Wildman–Crippen MR) is 95.5 cm³/mol. The number of carbonyl (C=O) groups is 1. The maximum atomic E-state index is 12.6. The molecule has 0 spiro atoms. The average Bonchev–Trinajstić information content (AvgIpc) is 2.53. The molecule has 0 aromatic carbocycles. The lowest BCUT2D eigenvalue weighted by Gasteiger charge is -2.34. The molecule has 1 atom stereocenters. The smallest absolute Gasteiger partial charge is 0.225 e. The number of nitrogens with zero attached hydrogens (tertiary/aromatic N) is 1. The summed E-state index contributed by atoms with van der Waals surface area (Å²) in [5, 5.41) is 3.44. The minimum Gasteiger partial charge on any atom is -0.342 e. The molecule has 4 heteroatoms. The van der Waals surface area contributed by atoms with Gasteiger partial charge in [-0.15, -0.1) is 12.4 Å². The molecule has 1 amide bonds. The summed E-state index contributed by atoms with van der Waals surface area (Å²) >= 11 is 0. The molecule has 2 fully saturated rings. The van der Waals surface area contributed by atoms with E-state index in [0.29, 0.717) is 5.91 Å². The van der Waals surface area contributed by atoms with Gasteiger partial charge in [-0.05, 0) is 44.2 Å². The maximum Gasteiger partial charge on any atom is 0.225 e. The van der Waals surface area contributed by atoms with E-state index in [1.165, 1.54) is 44.9 Å². The third-order valence-corrected chi connectivity index (χ3v) is 5.44. The average molecular weight is 331 g/mol. The highest BCUT2D eigenvalue weighted by Gasteiger charge is 2.27. The molecule has 1 aliphatic carbocycles. The van der Waals surface area contributed by atoms with Gasteiger partial charge in [0.2, 0.25) is 5.91 Å². The number of carbonyl (C=O) groups excluding carboxylic acids is 1. The van der Waals surface area contributed by atoms with Crippen LogP contribution in [0.25, 0.3) is 0 Å². The minimum absolute atomic E-state index is 0. The first kappa shape index (κ1) is 19.8. The molecule has 1 saturated heterocycles. The zero-order valence-electron chi connectivity index (χ0n) is 14.5. The van der Waals surface area contributed by atoms with Crippen LogP contribution in [0, 0.1) is 17.8 Å². The van der Waals surface area contributed by atoms with Gasteiger partial charge < -0.3 is 10.2 Å². The van der Waals surface area contributed by atoms with E-state index in [1.54, 1.807) is 0 Å². The van der Waals surface area contributed by atoms with Crippen LogP contribution >= 0.6 is 12.4 Å². The van der Waals surface area contributed by atoms with Gasteiger partial charge in [-0.1, -0.05) is 46.0 Å². The van der Waals surface area contributed by atoms with E-state index in [0.717, 1.165) is 44.4 Å². The number of rotatable bonds is 6. The van der Waals surface area contributed by atoms with Crippen LogP contribution in [-0.2, 0) is 4.79 Å². The minimum atomic E-state index is 0. The van der Waals surface area contributed by atoms with Crippen molar-refractivity contribution in [3.63, 3.8) is 0 Å². The Balaban J connectivity index is 0.00000242. The van der Waals surface area contributed by atoms with Gasteiger partial charge in [0.05, 0.1) is 0 Å². The number of hydrogen-bond donors (Lipinski definition) is 1. The zero-order chi connectivity index (χ0) is 15.1. The number of hydrogen-bond acceptors (Lipinski definition) is 2. The fourth-order valence-corrected chi connectivity index (χ4v) is 4.04. The normalized spacial score (nSPS) is 22.2. The van der Waals surface area contributed by atoms with Crippen molar-refractivity contribution in [2.45, 2.75) is 65.2 Å². The Morgan fingerprint density at radius 2 is 1.73 bits per heavy atom. The largest absolute Gasteiger partial charge is 0.342 e. The molecule has 1 saturated carbocycles. The summed E-state index contributed by atoms with van der Waals surface area (Å²) in [6.45, 7) is 8.44. The maximum absolute atomic E-state index is 12.6. The summed E-state index contributed by atoms with van der Waals surface area (Å²) in [5.74, 6) is 2.23. The van der Waals surface area contributed by atoms with E-state index >= 15 is 0 Å². The Labute approximate surface area is 143 Å². The highest BCUT2D eigenvalue weighted by atomic mass is 35.5. The fourth-order valence-electron chi connectivity index (χ4n) is 4.04. The lowest BCUT2D eigenvalue weighted by Crippen LogP contribution is -2.43. The summed E-state index contributed by atoms with van der Waals surface area (Å²) < 4.78 is 0. The van der Waals surface area contributed by atoms with Crippen LogP contribution < -0.4 is 5.32 Å². The summed E-state index contributed by atoms with van der Waals surface area (Å²) in [6, 6.07) is 0. The Kier molecular flexibility index (Phi) is 9.42. The lowest BCUT2D eigenvalue weighted by atomic mass is 9.82. The molecule has 2 aliphatic rings. The molecule has 3 nitrogen and oxygen atoms in total. The predicted octanol–water partition coefficient (Wildman–Crippen LogP) is 3.86. The van der Waals surface area contributed by atoms with Gasteiger partial charge >= 0.3 is 0 Å². The van der Waals surface area contributed by atoms with E-state index in [1.807, 2.05) is 0 Å². The molecule has 2 rings (SSSR count). The van der Waals surface area contributed by atoms with E-state index in [-0.39, 0.29) is 18.3 Å². The second-order valence-corrected chi connectivity index (χ2v) is 7.22. The number of halogens is 1. The fraction of sp³-hybridized carbons (Fsp3) is 0.944. The second-order valence-electron chi connectivity index (χ2n) is 7.22. The Morgan fingerprint density at radius 1 is 1.09 bits per heavy atom. The van der Waals surface area contributed by atoms with Crippen LogP contribution in [0.15, 0.2) is 0 Å². The van der Waals surface area contributed by atoms with Gasteiger partial charge in [0.1, 0.15) is 0 Å². The van der Waals surface area contributed by atoms with Crippen LogP contribution in [0.2, 0.25) is 0 Å². The highest BCUT2D eigenvalue weighted by molar-refractivity contribution is 5.85. The summed E-state index contributed by atoms with van der Waals surface area (Å²) in [7, 11) is 0. The Hall–Kier alpha value is -0.280. The van der Waals surface area contributed by atoms with E-state index in [9.17, 15) is 4.79 Å². The van der Waals surface area contributed by atoms with E-state index in [2.05, 4.69) is 24.1 Å². The monoisotopic (exact) mass is 330 g/mol. The number of piperidine rings is 1. The van der Waals surface area contributed by atoms with Crippen molar-refractivity contribution in [1.29, 1.82) is 0 Å². The number of amides is 1. The third-order valence-electron chi connectivity index (χ3n) is 5.44. The van der Waals surface area contributed by atoms with Crippen molar-refractivity contribution < 1.29 is 4.79 Å². The first-order chi connectivity index (χ1) is 10.2. The first-order valence-electron chi connectivity index (χ1n) is 9.20. The molecule has 0 aromatic rings. The van der Waals surface area contributed by atoms with Crippen LogP contribution in [0.5, 0.6) is 0 Å². The molecule has 1 aliphatic heterocycles. The quantitative estimate of drug-likeness (QED) is 0.802. The Bertz CT molecular complexity index is 310. The van der Waals surface area contributed by atoms with Crippen molar-refractivity contribution in [3.05, 3.63) is 0 Å². The molecular weight excluding hydrogens is 296 g/mol. The van der Waals surface area contributed by atoms with Crippen molar-refractivity contribution in [1.82, 2.24) is 10.2 Å². The molecule has 1 heterocycles. The topological polar surface area (TPSA) is 32.3 Å². The summed E-state index contributed by atoms with van der Waals surface area (Å²) in [4.78, 5) is 14.7. The Morgan fingerprint density at radius 3 is 2.32 bits per heavy atom. The second kappa shape index (κ2) is 10.5. The van der Waals surface area contributed by atoms with Gasteiger partial charge in [-0.2, -0.15) is 0 Å². The van der Waals surface area contributed by atoms with Gasteiger partial charge in [-0.3, -0.25) is 4.79 Å². The van der Waals surface area contributed by atoms with Crippen molar-refractivity contribution in [2.75, 3.05) is 26.2 Å². The molecule has 22 heavy (non-hydrogen) atoms. The standard InChI is InChI=1S/C18H34N2O.ClH/c1-3-19-14-17-9-11-20(12-10-17)18(21)15(2)13-16-7-5-4-6-8-16;/h15-17,19H,3-14H2,1-2H3;1H. The van der Waals surface area contributed by atoms with Crippen LogP contribution in [0.4, 0.5) is 0 Å². The molecule has 130 valence electrons. The molecule has 1 N–H and O–H groups in total. The number of nitrogens with one attached hydrogen (secondary N) is 1. The van der Waals surface area contributed by atoms with Crippen molar-refractivity contribution in [3.8, 4) is 0 Å².